The molecule has 1 heterocycles. The van der Waals surface area contributed by atoms with Gasteiger partial charge in [-0.2, -0.15) is 0 Å². The van der Waals surface area contributed by atoms with Crippen LogP contribution in [0.25, 0.3) is 0 Å². The lowest BCUT2D eigenvalue weighted by Gasteiger charge is -2.57. The van der Waals surface area contributed by atoms with Gasteiger partial charge in [-0.05, 0) is 68.6 Å². The van der Waals surface area contributed by atoms with E-state index in [2.05, 4.69) is 4.90 Å². The van der Waals surface area contributed by atoms with Crippen LogP contribution in [-0.4, -0.2) is 23.4 Å². The van der Waals surface area contributed by atoms with E-state index in [-0.39, 0.29) is 0 Å². The molecule has 4 saturated carbocycles. The third-order valence-electron chi connectivity index (χ3n) is 5.90. The zero-order valence-corrected chi connectivity index (χ0v) is 10.6. The number of hydrogen-bond acceptors (Lipinski definition) is 1. The van der Waals surface area contributed by atoms with Crippen LogP contribution in [0.15, 0.2) is 0 Å². The van der Waals surface area contributed by atoms with Crippen molar-refractivity contribution in [2.75, 3.05) is 6.54 Å². The molecular formula is C15H23NO. The molecular weight excluding hydrogens is 210 g/mol. The summed E-state index contributed by atoms with van der Waals surface area (Å²) in [7, 11) is 0. The number of rotatable bonds is 1. The van der Waals surface area contributed by atoms with Gasteiger partial charge in [0.15, 0.2) is 0 Å². The summed E-state index contributed by atoms with van der Waals surface area (Å²) in [4.78, 5) is 14.4. The lowest BCUT2D eigenvalue weighted by Crippen LogP contribution is -2.58. The summed E-state index contributed by atoms with van der Waals surface area (Å²) in [6, 6.07) is 0.649. The molecule has 1 saturated heterocycles. The smallest absolute Gasteiger partial charge is 0.222 e. The Labute approximate surface area is 104 Å². The third-order valence-corrected chi connectivity index (χ3v) is 5.90. The first-order chi connectivity index (χ1) is 8.31. The molecule has 4 bridgehead atoms. The molecule has 5 aliphatic rings. The van der Waals surface area contributed by atoms with Gasteiger partial charge in [0.2, 0.25) is 5.91 Å². The van der Waals surface area contributed by atoms with E-state index in [4.69, 9.17) is 0 Å². The molecule has 5 fully saturated rings. The molecule has 0 aromatic carbocycles. The van der Waals surface area contributed by atoms with E-state index in [0.29, 0.717) is 11.9 Å². The molecule has 5 rings (SSSR count). The highest BCUT2D eigenvalue weighted by molar-refractivity contribution is 5.77. The monoisotopic (exact) mass is 233 g/mol. The quantitative estimate of drug-likeness (QED) is 0.682. The third kappa shape index (κ3) is 1.56. The van der Waals surface area contributed by atoms with Crippen LogP contribution in [0.3, 0.4) is 0 Å². The molecule has 0 radical (unpaired) electrons. The second-order valence-corrected chi connectivity index (χ2v) is 6.97. The fourth-order valence-electron chi connectivity index (χ4n) is 5.55. The Morgan fingerprint density at radius 2 is 1.53 bits per heavy atom. The van der Waals surface area contributed by atoms with Gasteiger partial charge in [0.1, 0.15) is 0 Å². The van der Waals surface area contributed by atoms with E-state index in [0.717, 1.165) is 43.1 Å². The molecule has 0 spiro atoms. The summed E-state index contributed by atoms with van der Waals surface area (Å²) < 4.78 is 0. The second kappa shape index (κ2) is 3.73. The first-order valence-electron chi connectivity index (χ1n) is 7.60. The Hall–Kier alpha value is -0.530. The van der Waals surface area contributed by atoms with Gasteiger partial charge in [0.05, 0.1) is 0 Å². The summed E-state index contributed by atoms with van der Waals surface area (Å²) in [5.41, 5.74) is 0. The number of hydrogen-bond donors (Lipinski definition) is 0. The summed E-state index contributed by atoms with van der Waals surface area (Å²) in [6.45, 7) is 1.06. The van der Waals surface area contributed by atoms with Crippen LogP contribution in [0, 0.1) is 23.7 Å². The molecule has 1 aliphatic heterocycles. The van der Waals surface area contributed by atoms with Crippen molar-refractivity contribution < 1.29 is 4.79 Å². The molecule has 0 atom stereocenters. The van der Waals surface area contributed by atoms with Crippen molar-refractivity contribution in [2.45, 2.75) is 57.4 Å². The van der Waals surface area contributed by atoms with E-state index < -0.39 is 0 Å². The van der Waals surface area contributed by atoms with Crippen molar-refractivity contribution in [1.29, 1.82) is 0 Å². The van der Waals surface area contributed by atoms with Crippen molar-refractivity contribution in [2.24, 2.45) is 23.7 Å². The lowest BCUT2D eigenvalue weighted by atomic mass is 9.53. The number of carbonyl (C=O) groups excluding carboxylic acids is 1. The van der Waals surface area contributed by atoms with E-state index in [9.17, 15) is 4.79 Å². The Balaban J connectivity index is 1.59. The minimum Gasteiger partial charge on any atom is -0.339 e. The van der Waals surface area contributed by atoms with Gasteiger partial charge < -0.3 is 4.90 Å². The number of piperidine rings is 1. The first-order valence-corrected chi connectivity index (χ1v) is 7.60. The maximum absolute atomic E-state index is 12.1. The van der Waals surface area contributed by atoms with Crippen LogP contribution >= 0.6 is 0 Å². The van der Waals surface area contributed by atoms with Crippen molar-refractivity contribution in [1.82, 2.24) is 4.90 Å². The lowest BCUT2D eigenvalue weighted by molar-refractivity contribution is -0.146. The zero-order chi connectivity index (χ0) is 11.4. The van der Waals surface area contributed by atoms with Gasteiger partial charge in [-0.3, -0.25) is 4.79 Å². The molecule has 94 valence electrons. The normalized spacial score (nSPS) is 48.8. The van der Waals surface area contributed by atoms with Gasteiger partial charge in [0.25, 0.3) is 0 Å². The molecule has 4 aliphatic carbocycles. The Bertz CT molecular complexity index is 310. The fraction of sp³-hybridized carbons (Fsp3) is 0.933. The van der Waals surface area contributed by atoms with E-state index in [1.807, 2.05) is 0 Å². The molecule has 2 heteroatoms. The predicted octanol–water partition coefficient (Wildman–Crippen LogP) is 2.82. The largest absolute Gasteiger partial charge is 0.339 e. The molecule has 2 nitrogen and oxygen atoms in total. The van der Waals surface area contributed by atoms with Gasteiger partial charge in [-0.25, -0.2) is 0 Å². The molecule has 0 N–H and O–H groups in total. The average Bonchev–Trinajstić information content (AvgIpc) is 2.30. The minimum atomic E-state index is 0.466. The van der Waals surface area contributed by atoms with Crippen LogP contribution in [0.5, 0.6) is 0 Å². The number of nitrogens with zero attached hydrogens (tertiary/aromatic N) is 1. The van der Waals surface area contributed by atoms with Crippen LogP contribution in [0.1, 0.15) is 51.4 Å². The van der Waals surface area contributed by atoms with Crippen LogP contribution < -0.4 is 0 Å². The van der Waals surface area contributed by atoms with E-state index in [1.54, 1.807) is 0 Å². The van der Waals surface area contributed by atoms with Gasteiger partial charge >= 0.3 is 0 Å². The maximum atomic E-state index is 12.1. The highest BCUT2D eigenvalue weighted by Crippen LogP contribution is 2.55. The first kappa shape index (κ1) is 10.4. The minimum absolute atomic E-state index is 0.466. The highest BCUT2D eigenvalue weighted by Gasteiger charge is 2.50. The summed E-state index contributed by atoms with van der Waals surface area (Å²) >= 11 is 0. The molecule has 1 amide bonds. The average molecular weight is 233 g/mol. The van der Waals surface area contributed by atoms with Gasteiger partial charge in [0, 0.05) is 19.0 Å². The number of amides is 1. The fourth-order valence-corrected chi connectivity index (χ4v) is 5.55. The Morgan fingerprint density at radius 3 is 2.12 bits per heavy atom. The van der Waals surface area contributed by atoms with E-state index >= 15 is 0 Å². The topological polar surface area (TPSA) is 20.3 Å². The molecule has 0 aromatic rings. The summed E-state index contributed by atoms with van der Waals surface area (Å²) in [5, 5.41) is 0. The van der Waals surface area contributed by atoms with Crippen molar-refractivity contribution in [3.05, 3.63) is 0 Å². The zero-order valence-electron chi connectivity index (χ0n) is 10.6. The van der Waals surface area contributed by atoms with Gasteiger partial charge in [-0.1, -0.05) is 0 Å². The van der Waals surface area contributed by atoms with Gasteiger partial charge in [-0.15, -0.1) is 0 Å². The Kier molecular flexibility index (Phi) is 2.28. The van der Waals surface area contributed by atoms with Crippen molar-refractivity contribution in [3.63, 3.8) is 0 Å². The van der Waals surface area contributed by atoms with Crippen LogP contribution in [-0.2, 0) is 4.79 Å². The molecule has 17 heavy (non-hydrogen) atoms. The predicted molar refractivity (Wildman–Crippen MR) is 66.4 cm³/mol. The number of carbonyl (C=O) groups is 1. The maximum Gasteiger partial charge on any atom is 0.222 e. The Morgan fingerprint density at radius 1 is 0.882 bits per heavy atom. The molecule has 0 unspecified atom stereocenters. The van der Waals surface area contributed by atoms with Crippen molar-refractivity contribution in [3.8, 4) is 0 Å². The van der Waals surface area contributed by atoms with Crippen molar-refractivity contribution >= 4 is 5.91 Å². The standard InChI is InChI=1S/C15H23NO/c17-14-3-1-2-4-16(14)15-12-6-10-5-11(8-12)9-13(15)7-10/h10-13,15H,1-9H2. The molecule has 0 aromatic heterocycles. The van der Waals surface area contributed by atoms with E-state index in [1.165, 1.54) is 38.5 Å². The van der Waals surface area contributed by atoms with Crippen LogP contribution in [0.2, 0.25) is 0 Å². The summed E-state index contributed by atoms with van der Waals surface area (Å²) in [5.74, 6) is 4.25. The number of likely N-dealkylation sites (tertiary alicyclic amines) is 1. The summed E-state index contributed by atoms with van der Waals surface area (Å²) in [6.07, 6.45) is 10.4. The van der Waals surface area contributed by atoms with Crippen LogP contribution in [0.4, 0.5) is 0 Å². The highest BCUT2D eigenvalue weighted by atomic mass is 16.2. The second-order valence-electron chi connectivity index (χ2n) is 6.97. The SMILES string of the molecule is O=C1CCCCN1C1C2CC3CC(C2)CC1C3.